The molecule has 1 amide bonds. The molecular weight excluding hydrogens is 268 g/mol. The molecule has 1 fully saturated rings. The summed E-state index contributed by atoms with van der Waals surface area (Å²) < 4.78 is 0. The van der Waals surface area contributed by atoms with Gasteiger partial charge in [-0.2, -0.15) is 0 Å². The Balaban J connectivity index is 1.72. The normalized spacial score (nSPS) is 16.4. The third kappa shape index (κ3) is 2.51. The molecule has 2 aromatic rings. The van der Waals surface area contributed by atoms with E-state index < -0.39 is 11.4 Å². The number of carbonyl (C=O) groups is 2. The summed E-state index contributed by atoms with van der Waals surface area (Å²) in [5.41, 5.74) is 1.93. The van der Waals surface area contributed by atoms with Crippen LogP contribution >= 0.6 is 0 Å². The molecule has 0 spiro atoms. The zero-order valence-electron chi connectivity index (χ0n) is 11.9. The van der Waals surface area contributed by atoms with Crippen LogP contribution in [0.25, 0.3) is 10.9 Å². The van der Waals surface area contributed by atoms with Gasteiger partial charge in [-0.15, -0.1) is 0 Å². The van der Waals surface area contributed by atoms with Crippen LogP contribution in [0, 0.1) is 12.3 Å². The summed E-state index contributed by atoms with van der Waals surface area (Å²) in [7, 11) is 0. The lowest BCUT2D eigenvalue weighted by molar-refractivity contribution is -0.157. The number of hydrogen-bond donors (Lipinski definition) is 3. The predicted octanol–water partition coefficient (Wildman–Crippen LogP) is 3.06. The molecule has 0 aliphatic heterocycles. The fourth-order valence-corrected chi connectivity index (χ4v) is 2.94. The molecule has 0 bridgehead atoms. The number of aliphatic carboxylic acids is 1. The van der Waals surface area contributed by atoms with Crippen molar-refractivity contribution in [2.24, 2.45) is 5.41 Å². The fraction of sp³-hybridized carbons (Fsp3) is 0.375. The van der Waals surface area contributed by atoms with E-state index in [1.807, 2.05) is 31.2 Å². The van der Waals surface area contributed by atoms with Crippen molar-refractivity contribution >= 4 is 28.5 Å². The van der Waals surface area contributed by atoms with Gasteiger partial charge in [-0.1, -0.05) is 6.42 Å². The topological polar surface area (TPSA) is 82.2 Å². The third-order valence-corrected chi connectivity index (χ3v) is 4.30. The fourth-order valence-electron chi connectivity index (χ4n) is 2.94. The van der Waals surface area contributed by atoms with Crippen LogP contribution in [-0.4, -0.2) is 22.0 Å². The molecule has 3 N–H and O–H groups in total. The van der Waals surface area contributed by atoms with E-state index >= 15 is 0 Å². The Kier molecular flexibility index (Phi) is 3.20. The van der Waals surface area contributed by atoms with E-state index in [1.54, 1.807) is 0 Å². The van der Waals surface area contributed by atoms with Crippen LogP contribution in [0.2, 0.25) is 0 Å². The van der Waals surface area contributed by atoms with Crippen LogP contribution in [0.1, 0.15) is 31.4 Å². The summed E-state index contributed by atoms with van der Waals surface area (Å²) in [6.07, 6.45) is 2.11. The average Bonchev–Trinajstić information content (AvgIpc) is 2.72. The zero-order valence-corrected chi connectivity index (χ0v) is 11.9. The molecular formula is C16H18N2O3. The number of amides is 1. The second kappa shape index (κ2) is 4.91. The summed E-state index contributed by atoms with van der Waals surface area (Å²) in [5.74, 6) is -1.09. The van der Waals surface area contributed by atoms with E-state index in [9.17, 15) is 14.7 Å². The van der Waals surface area contributed by atoms with Crippen molar-refractivity contribution in [2.75, 3.05) is 5.32 Å². The Labute approximate surface area is 122 Å². The van der Waals surface area contributed by atoms with Crippen LogP contribution in [-0.2, 0) is 9.59 Å². The summed E-state index contributed by atoms with van der Waals surface area (Å²) in [4.78, 5) is 26.6. The molecule has 1 aliphatic rings. The van der Waals surface area contributed by atoms with Crippen molar-refractivity contribution in [3.8, 4) is 0 Å². The number of benzene rings is 1. The maximum atomic E-state index is 12.1. The zero-order chi connectivity index (χ0) is 15.0. The maximum absolute atomic E-state index is 12.1. The lowest BCUT2D eigenvalue weighted by atomic mass is 9.66. The van der Waals surface area contributed by atoms with Gasteiger partial charge in [0.15, 0.2) is 0 Å². The highest BCUT2D eigenvalue weighted by Gasteiger charge is 2.45. The molecule has 0 radical (unpaired) electrons. The van der Waals surface area contributed by atoms with Gasteiger partial charge in [0, 0.05) is 28.7 Å². The predicted molar refractivity (Wildman–Crippen MR) is 80.2 cm³/mol. The second-order valence-corrected chi connectivity index (χ2v) is 5.92. The van der Waals surface area contributed by atoms with Crippen LogP contribution in [0.3, 0.4) is 0 Å². The Morgan fingerprint density at radius 1 is 1.33 bits per heavy atom. The van der Waals surface area contributed by atoms with E-state index in [0.717, 1.165) is 23.0 Å². The Morgan fingerprint density at radius 2 is 2.10 bits per heavy atom. The van der Waals surface area contributed by atoms with Crippen LogP contribution in [0.5, 0.6) is 0 Å². The van der Waals surface area contributed by atoms with Gasteiger partial charge in [-0.3, -0.25) is 9.59 Å². The van der Waals surface area contributed by atoms with Crippen molar-refractivity contribution in [1.82, 2.24) is 4.98 Å². The number of carbonyl (C=O) groups excluding carboxylic acids is 1. The number of nitrogens with one attached hydrogen (secondary N) is 2. The molecule has 5 heteroatoms. The summed E-state index contributed by atoms with van der Waals surface area (Å²) >= 11 is 0. The van der Waals surface area contributed by atoms with Gasteiger partial charge in [0.05, 0.1) is 5.41 Å². The molecule has 110 valence electrons. The number of fused-ring (bicyclic) bond motifs is 1. The number of rotatable bonds is 4. The first-order chi connectivity index (χ1) is 9.98. The largest absolute Gasteiger partial charge is 0.481 e. The van der Waals surface area contributed by atoms with Crippen LogP contribution < -0.4 is 5.32 Å². The minimum atomic E-state index is -0.861. The number of H-pyrrole nitrogens is 1. The number of aromatic amines is 1. The number of anilines is 1. The smallest absolute Gasteiger partial charge is 0.310 e. The first-order valence-corrected chi connectivity index (χ1v) is 7.11. The maximum Gasteiger partial charge on any atom is 0.310 e. The van der Waals surface area contributed by atoms with Gasteiger partial charge >= 0.3 is 5.97 Å². The molecule has 21 heavy (non-hydrogen) atoms. The first-order valence-electron chi connectivity index (χ1n) is 7.11. The van der Waals surface area contributed by atoms with Crippen molar-refractivity contribution < 1.29 is 14.7 Å². The van der Waals surface area contributed by atoms with E-state index in [1.165, 1.54) is 0 Å². The molecule has 1 aromatic carbocycles. The van der Waals surface area contributed by atoms with Crippen LogP contribution in [0.15, 0.2) is 24.3 Å². The number of aryl methyl sites for hydroxylation is 1. The molecule has 5 nitrogen and oxygen atoms in total. The minimum Gasteiger partial charge on any atom is -0.481 e. The monoisotopic (exact) mass is 286 g/mol. The molecule has 0 atom stereocenters. The van der Waals surface area contributed by atoms with E-state index in [0.29, 0.717) is 18.5 Å². The van der Waals surface area contributed by atoms with Crippen molar-refractivity contribution in [2.45, 2.75) is 32.6 Å². The molecule has 1 saturated carbocycles. The number of carboxylic acids is 1. The SMILES string of the molecule is Cc1cc2cc(NC(=O)CC3(C(=O)O)CCC3)ccc2[nH]1. The van der Waals surface area contributed by atoms with Gasteiger partial charge in [-0.05, 0) is 44.0 Å². The summed E-state index contributed by atoms with van der Waals surface area (Å²) in [6.45, 7) is 1.98. The van der Waals surface area contributed by atoms with E-state index in [4.69, 9.17) is 0 Å². The van der Waals surface area contributed by atoms with Gasteiger partial charge in [0.1, 0.15) is 0 Å². The van der Waals surface area contributed by atoms with Gasteiger partial charge in [-0.25, -0.2) is 0 Å². The Hall–Kier alpha value is -2.30. The average molecular weight is 286 g/mol. The first kappa shape index (κ1) is 13.7. The quantitative estimate of drug-likeness (QED) is 0.807. The van der Waals surface area contributed by atoms with Crippen molar-refractivity contribution in [3.05, 3.63) is 30.0 Å². The van der Waals surface area contributed by atoms with E-state index in [2.05, 4.69) is 10.3 Å². The van der Waals surface area contributed by atoms with Gasteiger partial charge in [0.25, 0.3) is 0 Å². The lowest BCUT2D eigenvalue weighted by Crippen LogP contribution is -2.41. The standard InChI is InChI=1S/C16H18N2O3/c1-10-7-11-8-12(3-4-13(11)17-10)18-14(19)9-16(15(20)21)5-2-6-16/h3-4,7-8,17H,2,5-6,9H2,1H3,(H,18,19)(H,20,21). The Bertz CT molecular complexity index is 713. The highest BCUT2D eigenvalue weighted by Crippen LogP contribution is 2.44. The molecule has 1 aliphatic carbocycles. The molecule has 1 heterocycles. The molecule has 0 unspecified atom stereocenters. The van der Waals surface area contributed by atoms with Crippen molar-refractivity contribution in [1.29, 1.82) is 0 Å². The minimum absolute atomic E-state index is 0.0481. The number of carboxylic acid groups (broad SMARTS) is 1. The highest BCUT2D eigenvalue weighted by molar-refractivity contribution is 5.96. The van der Waals surface area contributed by atoms with Gasteiger partial charge in [0.2, 0.25) is 5.91 Å². The third-order valence-electron chi connectivity index (χ3n) is 4.30. The number of hydrogen-bond acceptors (Lipinski definition) is 2. The second-order valence-electron chi connectivity index (χ2n) is 5.92. The van der Waals surface area contributed by atoms with E-state index in [-0.39, 0.29) is 12.3 Å². The van der Waals surface area contributed by atoms with Crippen molar-refractivity contribution in [3.63, 3.8) is 0 Å². The van der Waals surface area contributed by atoms with Gasteiger partial charge < -0.3 is 15.4 Å². The number of aromatic nitrogens is 1. The Morgan fingerprint density at radius 3 is 2.71 bits per heavy atom. The molecule has 0 saturated heterocycles. The molecule has 1 aromatic heterocycles. The summed E-state index contributed by atoms with van der Waals surface area (Å²) in [6, 6.07) is 7.64. The van der Waals surface area contributed by atoms with Crippen LogP contribution in [0.4, 0.5) is 5.69 Å². The lowest BCUT2D eigenvalue weighted by Gasteiger charge is -2.36. The summed E-state index contributed by atoms with van der Waals surface area (Å²) in [5, 5.41) is 13.1. The highest BCUT2D eigenvalue weighted by atomic mass is 16.4. The molecule has 3 rings (SSSR count).